The number of benzene rings is 2. The summed E-state index contributed by atoms with van der Waals surface area (Å²) in [4.78, 5) is 30.4. The minimum Gasteiger partial charge on any atom is -0.492 e. The molecule has 3 aliphatic rings. The summed E-state index contributed by atoms with van der Waals surface area (Å²) in [5.41, 5.74) is 1.71. The largest absolute Gasteiger partial charge is 0.492 e. The van der Waals surface area contributed by atoms with Gasteiger partial charge in [0.2, 0.25) is 5.91 Å². The molecule has 0 radical (unpaired) electrons. The standard InChI is InChI=1S/C30H38N2O4/c33-28(21-24-9-2-1-3-10-24)31-18-15-30(16-19-31)14-6-7-20-35-22-25-11-8-17-32(25)29(34)26-12-4-5-13-27(26)36-23-30/h1-5,9-10,12-13,25H,6-8,11,14-23H2/t25-/m0/s1. The third kappa shape index (κ3) is 5.75. The summed E-state index contributed by atoms with van der Waals surface area (Å²) in [6.07, 6.45) is 7.43. The fourth-order valence-electron chi connectivity index (χ4n) is 5.93. The average molecular weight is 491 g/mol. The number of carbonyl (C=O) groups is 2. The van der Waals surface area contributed by atoms with Crippen molar-refractivity contribution in [2.75, 3.05) is 39.5 Å². The van der Waals surface area contributed by atoms with Crippen LogP contribution in [0.1, 0.15) is 60.9 Å². The van der Waals surface area contributed by atoms with E-state index in [1.807, 2.05) is 64.4 Å². The molecule has 36 heavy (non-hydrogen) atoms. The van der Waals surface area contributed by atoms with Crippen LogP contribution in [0.25, 0.3) is 0 Å². The Kier molecular flexibility index (Phi) is 7.90. The van der Waals surface area contributed by atoms with E-state index in [-0.39, 0.29) is 23.3 Å². The van der Waals surface area contributed by atoms with Crippen molar-refractivity contribution in [2.24, 2.45) is 5.41 Å². The number of amides is 2. The van der Waals surface area contributed by atoms with Crippen LogP contribution >= 0.6 is 0 Å². The summed E-state index contributed by atoms with van der Waals surface area (Å²) >= 11 is 0. The molecule has 0 aromatic heterocycles. The Balaban J connectivity index is 1.29. The van der Waals surface area contributed by atoms with Crippen LogP contribution in [0, 0.1) is 5.41 Å². The van der Waals surface area contributed by atoms with Crippen LogP contribution in [-0.4, -0.2) is 67.1 Å². The SMILES string of the molecule is O=C(Cc1ccccc1)N1CCC2(CCCCOC[C@@H]3CCCN3C(=O)c3ccccc3OC2)CC1. The first-order valence-electron chi connectivity index (χ1n) is 13.6. The number of nitrogens with zero attached hydrogens (tertiary/aromatic N) is 2. The fraction of sp³-hybridized carbons (Fsp3) is 0.533. The molecule has 2 aromatic carbocycles. The van der Waals surface area contributed by atoms with Crippen molar-refractivity contribution in [3.05, 3.63) is 65.7 Å². The number of piperidine rings is 1. The van der Waals surface area contributed by atoms with Gasteiger partial charge in [-0.05, 0) is 56.2 Å². The predicted octanol–water partition coefficient (Wildman–Crippen LogP) is 4.72. The topological polar surface area (TPSA) is 59.1 Å². The van der Waals surface area contributed by atoms with Crippen LogP contribution in [0.4, 0.5) is 0 Å². The monoisotopic (exact) mass is 490 g/mol. The lowest BCUT2D eigenvalue weighted by molar-refractivity contribution is -0.133. The Morgan fingerprint density at radius 3 is 2.53 bits per heavy atom. The van der Waals surface area contributed by atoms with Gasteiger partial charge < -0.3 is 19.3 Å². The third-order valence-electron chi connectivity index (χ3n) is 8.22. The molecular formula is C30H38N2O4. The molecule has 6 heteroatoms. The first-order valence-corrected chi connectivity index (χ1v) is 13.6. The average Bonchev–Trinajstić information content (AvgIpc) is 3.38. The molecular weight excluding hydrogens is 452 g/mol. The van der Waals surface area contributed by atoms with Gasteiger partial charge in [-0.3, -0.25) is 9.59 Å². The van der Waals surface area contributed by atoms with Crippen molar-refractivity contribution in [1.82, 2.24) is 9.80 Å². The van der Waals surface area contributed by atoms with Crippen LogP contribution < -0.4 is 4.74 Å². The van der Waals surface area contributed by atoms with Gasteiger partial charge in [0.15, 0.2) is 0 Å². The molecule has 2 aromatic rings. The van der Waals surface area contributed by atoms with E-state index in [2.05, 4.69) is 0 Å². The number of hydrogen-bond donors (Lipinski definition) is 0. The highest BCUT2D eigenvalue weighted by Gasteiger charge is 2.37. The van der Waals surface area contributed by atoms with E-state index in [0.29, 0.717) is 30.9 Å². The van der Waals surface area contributed by atoms with E-state index in [4.69, 9.17) is 9.47 Å². The highest BCUT2D eigenvalue weighted by molar-refractivity contribution is 5.97. The van der Waals surface area contributed by atoms with E-state index >= 15 is 0 Å². The smallest absolute Gasteiger partial charge is 0.257 e. The normalized spacial score (nSPS) is 22.9. The van der Waals surface area contributed by atoms with E-state index in [9.17, 15) is 9.59 Å². The molecule has 0 bridgehead atoms. The minimum absolute atomic E-state index is 0.0000176. The van der Waals surface area contributed by atoms with Gasteiger partial charge in [0.05, 0.1) is 31.2 Å². The predicted molar refractivity (Wildman–Crippen MR) is 139 cm³/mol. The van der Waals surface area contributed by atoms with Crippen molar-refractivity contribution in [3.8, 4) is 5.75 Å². The Labute approximate surface area is 214 Å². The van der Waals surface area contributed by atoms with Gasteiger partial charge in [0.25, 0.3) is 5.91 Å². The van der Waals surface area contributed by atoms with Gasteiger partial charge in [-0.1, -0.05) is 48.9 Å². The summed E-state index contributed by atoms with van der Waals surface area (Å²) in [5, 5.41) is 0. The number of fused-ring (bicyclic) bond motifs is 2. The molecule has 6 nitrogen and oxygen atoms in total. The lowest BCUT2D eigenvalue weighted by atomic mass is 9.75. The van der Waals surface area contributed by atoms with Crippen LogP contribution in [-0.2, 0) is 16.0 Å². The van der Waals surface area contributed by atoms with Crippen molar-refractivity contribution in [3.63, 3.8) is 0 Å². The number of carbonyl (C=O) groups excluding carboxylic acids is 2. The van der Waals surface area contributed by atoms with E-state index < -0.39 is 0 Å². The van der Waals surface area contributed by atoms with E-state index in [0.717, 1.165) is 76.8 Å². The Morgan fingerprint density at radius 1 is 0.917 bits per heavy atom. The van der Waals surface area contributed by atoms with Gasteiger partial charge in [-0.25, -0.2) is 0 Å². The Hall–Kier alpha value is -2.86. The molecule has 0 N–H and O–H groups in total. The molecule has 2 saturated heterocycles. The molecule has 0 saturated carbocycles. The second kappa shape index (κ2) is 11.5. The third-order valence-corrected chi connectivity index (χ3v) is 8.22. The molecule has 192 valence electrons. The van der Waals surface area contributed by atoms with Crippen LogP contribution in [0.3, 0.4) is 0 Å². The van der Waals surface area contributed by atoms with Gasteiger partial charge >= 0.3 is 0 Å². The second-order valence-electron chi connectivity index (χ2n) is 10.7. The fourth-order valence-corrected chi connectivity index (χ4v) is 5.93. The van der Waals surface area contributed by atoms with Gasteiger partial charge in [0, 0.05) is 31.7 Å². The quantitative estimate of drug-likeness (QED) is 0.611. The highest BCUT2D eigenvalue weighted by atomic mass is 16.5. The Bertz CT molecular complexity index is 1030. The molecule has 2 amide bonds. The maximum atomic E-state index is 13.5. The molecule has 1 atom stereocenters. The van der Waals surface area contributed by atoms with Crippen LogP contribution in [0.2, 0.25) is 0 Å². The number of rotatable bonds is 2. The molecule has 0 unspecified atom stereocenters. The second-order valence-corrected chi connectivity index (χ2v) is 10.7. The number of likely N-dealkylation sites (tertiary alicyclic amines) is 1. The maximum absolute atomic E-state index is 13.5. The van der Waals surface area contributed by atoms with Crippen molar-refractivity contribution in [2.45, 2.75) is 57.4 Å². The summed E-state index contributed by atoms with van der Waals surface area (Å²) in [6.45, 7) is 4.19. The lowest BCUT2D eigenvalue weighted by Gasteiger charge is -2.42. The van der Waals surface area contributed by atoms with E-state index in [1.54, 1.807) is 0 Å². The maximum Gasteiger partial charge on any atom is 0.257 e. The van der Waals surface area contributed by atoms with Crippen molar-refractivity contribution < 1.29 is 19.1 Å². The number of ether oxygens (including phenoxy) is 2. The lowest BCUT2D eigenvalue weighted by Crippen LogP contribution is -2.46. The zero-order chi connectivity index (χ0) is 24.8. The first kappa shape index (κ1) is 24.8. The van der Waals surface area contributed by atoms with Crippen LogP contribution in [0.5, 0.6) is 5.75 Å². The van der Waals surface area contributed by atoms with Crippen molar-refractivity contribution in [1.29, 1.82) is 0 Å². The molecule has 3 aliphatic heterocycles. The molecule has 1 spiro atoms. The summed E-state index contributed by atoms with van der Waals surface area (Å²) in [7, 11) is 0. The molecule has 2 fully saturated rings. The van der Waals surface area contributed by atoms with Gasteiger partial charge in [0.1, 0.15) is 5.75 Å². The number of para-hydroxylation sites is 1. The van der Waals surface area contributed by atoms with Crippen LogP contribution in [0.15, 0.2) is 54.6 Å². The van der Waals surface area contributed by atoms with E-state index in [1.165, 1.54) is 0 Å². The first-order chi connectivity index (χ1) is 17.6. The minimum atomic E-state index is -0.0000176. The molecule has 0 aliphatic carbocycles. The number of hydrogen-bond acceptors (Lipinski definition) is 4. The Morgan fingerprint density at radius 2 is 1.69 bits per heavy atom. The zero-order valence-electron chi connectivity index (χ0n) is 21.2. The summed E-state index contributed by atoms with van der Waals surface area (Å²) in [5.74, 6) is 0.916. The molecule has 5 rings (SSSR count). The zero-order valence-corrected chi connectivity index (χ0v) is 21.2. The van der Waals surface area contributed by atoms with Gasteiger partial charge in [-0.2, -0.15) is 0 Å². The summed E-state index contributed by atoms with van der Waals surface area (Å²) < 4.78 is 12.5. The highest BCUT2D eigenvalue weighted by Crippen LogP contribution is 2.38. The van der Waals surface area contributed by atoms with Crippen molar-refractivity contribution >= 4 is 11.8 Å². The summed E-state index contributed by atoms with van der Waals surface area (Å²) in [6, 6.07) is 17.8. The van der Waals surface area contributed by atoms with Gasteiger partial charge in [-0.15, -0.1) is 0 Å². The molecule has 3 heterocycles.